The quantitative estimate of drug-likeness (QED) is 0.240. The summed E-state index contributed by atoms with van der Waals surface area (Å²) < 4.78 is 5.64. The summed E-state index contributed by atoms with van der Waals surface area (Å²) in [5.41, 5.74) is -0.243. The zero-order valence-electron chi connectivity index (χ0n) is 15.6. The summed E-state index contributed by atoms with van der Waals surface area (Å²) in [6.45, 7) is 10.0. The highest BCUT2D eigenvalue weighted by Gasteiger charge is 2.13. The first-order valence-electron chi connectivity index (χ1n) is 8.42. The van der Waals surface area contributed by atoms with Gasteiger partial charge in [-0.1, -0.05) is 18.2 Å². The molecule has 3 N–H and O–H groups in total. The van der Waals surface area contributed by atoms with Gasteiger partial charge in [-0.05, 0) is 46.2 Å². The van der Waals surface area contributed by atoms with E-state index in [0.717, 1.165) is 25.3 Å². The van der Waals surface area contributed by atoms with E-state index >= 15 is 0 Å². The third kappa shape index (κ3) is 12.5. The molecule has 0 fully saturated rings. The van der Waals surface area contributed by atoms with E-state index in [9.17, 15) is 4.79 Å². The molecule has 0 bridgehead atoms. The second-order valence-electron chi connectivity index (χ2n) is 6.44. The molecule has 6 nitrogen and oxygen atoms in total. The van der Waals surface area contributed by atoms with Crippen molar-refractivity contribution in [2.24, 2.45) is 4.99 Å². The summed E-state index contributed by atoms with van der Waals surface area (Å²) in [5, 5.41) is 9.22. The molecule has 0 aliphatic rings. The molecule has 0 atom stereocenters. The molecule has 25 heavy (non-hydrogen) atoms. The predicted octanol–water partition coefficient (Wildman–Crippen LogP) is 2.54. The molecule has 1 aromatic carbocycles. The molecule has 1 amide bonds. The van der Waals surface area contributed by atoms with Crippen LogP contribution in [0.3, 0.4) is 0 Å². The van der Waals surface area contributed by atoms with Crippen molar-refractivity contribution in [2.75, 3.05) is 26.2 Å². The topological polar surface area (TPSA) is 74.8 Å². The fourth-order valence-electron chi connectivity index (χ4n) is 1.94. The molecular weight excluding hydrogens is 431 g/mol. The fraction of sp³-hybridized carbons (Fsp3) is 0.556. The van der Waals surface area contributed by atoms with Crippen LogP contribution in [-0.4, -0.2) is 43.6 Å². The Morgan fingerprint density at radius 3 is 2.44 bits per heavy atom. The third-order valence-electron chi connectivity index (χ3n) is 2.86. The summed E-state index contributed by atoms with van der Waals surface area (Å²) >= 11 is 0. The van der Waals surface area contributed by atoms with Gasteiger partial charge in [0.2, 0.25) is 5.91 Å². The van der Waals surface area contributed by atoms with Crippen LogP contribution in [-0.2, 0) is 4.79 Å². The highest BCUT2D eigenvalue weighted by molar-refractivity contribution is 14.0. The zero-order chi connectivity index (χ0) is 17.8. The number of rotatable bonds is 8. The molecule has 1 aromatic rings. The van der Waals surface area contributed by atoms with Crippen LogP contribution in [0.1, 0.15) is 34.1 Å². The molecule has 0 unspecified atom stereocenters. The Hall–Kier alpha value is -1.51. The standard InChI is InChI=1S/C18H30N4O2.HI/c1-5-19-17(21-14-16(23)22-18(2,3)4)20-12-9-13-24-15-10-7-6-8-11-15;/h6-8,10-11H,5,9,12-14H2,1-4H3,(H,22,23)(H2,19,20,21);1H. The van der Waals surface area contributed by atoms with Crippen molar-refractivity contribution in [1.29, 1.82) is 0 Å². The average molecular weight is 462 g/mol. The van der Waals surface area contributed by atoms with Crippen molar-refractivity contribution in [1.82, 2.24) is 16.0 Å². The number of amides is 1. The van der Waals surface area contributed by atoms with Crippen LogP contribution in [0.15, 0.2) is 35.3 Å². The zero-order valence-corrected chi connectivity index (χ0v) is 17.9. The van der Waals surface area contributed by atoms with Crippen LogP contribution in [0.2, 0.25) is 0 Å². The van der Waals surface area contributed by atoms with E-state index in [1.54, 1.807) is 0 Å². The first-order valence-corrected chi connectivity index (χ1v) is 8.42. The van der Waals surface area contributed by atoms with Gasteiger partial charge in [0.25, 0.3) is 0 Å². The van der Waals surface area contributed by atoms with Gasteiger partial charge in [-0.2, -0.15) is 0 Å². The maximum absolute atomic E-state index is 11.8. The Balaban J connectivity index is 0.00000576. The van der Waals surface area contributed by atoms with E-state index in [1.807, 2.05) is 58.0 Å². The van der Waals surface area contributed by atoms with Crippen LogP contribution in [0.25, 0.3) is 0 Å². The van der Waals surface area contributed by atoms with Crippen molar-refractivity contribution < 1.29 is 9.53 Å². The summed E-state index contributed by atoms with van der Waals surface area (Å²) in [7, 11) is 0. The summed E-state index contributed by atoms with van der Waals surface area (Å²) in [6.07, 6.45) is 0.841. The average Bonchev–Trinajstić information content (AvgIpc) is 2.51. The number of hydrogen-bond donors (Lipinski definition) is 3. The van der Waals surface area contributed by atoms with Crippen LogP contribution in [0.5, 0.6) is 5.75 Å². The monoisotopic (exact) mass is 462 g/mol. The summed E-state index contributed by atoms with van der Waals surface area (Å²) in [6, 6.07) is 9.74. The number of aliphatic imine (C=N–C) groups is 1. The minimum atomic E-state index is -0.243. The molecule has 0 radical (unpaired) electrons. The second-order valence-corrected chi connectivity index (χ2v) is 6.44. The molecule has 0 spiro atoms. The Morgan fingerprint density at radius 1 is 1.16 bits per heavy atom. The van der Waals surface area contributed by atoms with Crippen LogP contribution in [0, 0.1) is 0 Å². The van der Waals surface area contributed by atoms with Gasteiger partial charge in [0.05, 0.1) is 6.61 Å². The smallest absolute Gasteiger partial charge is 0.242 e. The Bertz CT molecular complexity index is 516. The number of halogens is 1. The molecule has 1 rings (SSSR count). The van der Waals surface area contributed by atoms with Crippen molar-refractivity contribution in [3.05, 3.63) is 30.3 Å². The van der Waals surface area contributed by atoms with Gasteiger partial charge in [-0.15, -0.1) is 24.0 Å². The number of carbonyl (C=O) groups excluding carboxylic acids is 1. The first kappa shape index (κ1) is 23.5. The minimum absolute atomic E-state index is 0. The molecule has 0 aliphatic carbocycles. The normalized spacial score (nSPS) is 11.3. The lowest BCUT2D eigenvalue weighted by Gasteiger charge is -2.20. The maximum Gasteiger partial charge on any atom is 0.242 e. The number of nitrogens with one attached hydrogen (secondary N) is 3. The van der Waals surface area contributed by atoms with Gasteiger partial charge in [-0.25, -0.2) is 4.99 Å². The fourth-order valence-corrected chi connectivity index (χ4v) is 1.94. The molecular formula is C18H31IN4O2. The van der Waals surface area contributed by atoms with Gasteiger partial charge in [0.15, 0.2) is 5.96 Å². The number of nitrogens with zero attached hydrogens (tertiary/aromatic N) is 1. The molecule has 0 heterocycles. The van der Waals surface area contributed by atoms with Crippen LogP contribution < -0.4 is 20.7 Å². The predicted molar refractivity (Wildman–Crippen MR) is 114 cm³/mol. The minimum Gasteiger partial charge on any atom is -0.494 e. The van der Waals surface area contributed by atoms with Crippen molar-refractivity contribution in [2.45, 2.75) is 39.7 Å². The van der Waals surface area contributed by atoms with E-state index in [1.165, 1.54) is 0 Å². The van der Waals surface area contributed by atoms with E-state index in [4.69, 9.17) is 4.74 Å². The number of carbonyl (C=O) groups is 1. The molecule has 7 heteroatoms. The van der Waals surface area contributed by atoms with Gasteiger partial charge >= 0.3 is 0 Å². The molecule has 0 saturated carbocycles. The van der Waals surface area contributed by atoms with Gasteiger partial charge in [0.1, 0.15) is 12.3 Å². The van der Waals surface area contributed by atoms with E-state index in [0.29, 0.717) is 12.6 Å². The van der Waals surface area contributed by atoms with Crippen molar-refractivity contribution in [3.63, 3.8) is 0 Å². The lowest BCUT2D eigenvalue weighted by molar-refractivity contribution is -0.121. The van der Waals surface area contributed by atoms with E-state index in [-0.39, 0.29) is 42.0 Å². The summed E-state index contributed by atoms with van der Waals surface area (Å²) in [5.74, 6) is 1.42. The number of ether oxygens (including phenoxy) is 1. The largest absolute Gasteiger partial charge is 0.494 e. The van der Waals surface area contributed by atoms with Crippen molar-refractivity contribution in [3.8, 4) is 5.75 Å². The van der Waals surface area contributed by atoms with E-state index < -0.39 is 0 Å². The molecule has 0 aliphatic heterocycles. The van der Waals surface area contributed by atoms with Crippen LogP contribution >= 0.6 is 24.0 Å². The maximum atomic E-state index is 11.8. The first-order chi connectivity index (χ1) is 11.4. The summed E-state index contributed by atoms with van der Waals surface area (Å²) in [4.78, 5) is 16.1. The Labute approximate surface area is 168 Å². The Morgan fingerprint density at radius 2 is 1.84 bits per heavy atom. The highest BCUT2D eigenvalue weighted by atomic mass is 127. The third-order valence-corrected chi connectivity index (χ3v) is 2.86. The molecule has 0 saturated heterocycles. The number of benzene rings is 1. The Kier molecular flexibility index (Phi) is 12.0. The molecule has 0 aromatic heterocycles. The van der Waals surface area contributed by atoms with Gasteiger partial charge in [-0.3, -0.25) is 4.79 Å². The number of guanidine groups is 1. The van der Waals surface area contributed by atoms with Gasteiger partial charge < -0.3 is 20.7 Å². The number of hydrogen-bond acceptors (Lipinski definition) is 3. The molecule has 142 valence electrons. The van der Waals surface area contributed by atoms with Crippen LogP contribution in [0.4, 0.5) is 0 Å². The SMILES string of the molecule is CCNC(=NCC(=O)NC(C)(C)C)NCCCOc1ccccc1.I. The van der Waals surface area contributed by atoms with Gasteiger partial charge in [0, 0.05) is 18.6 Å². The van der Waals surface area contributed by atoms with Crippen molar-refractivity contribution >= 4 is 35.8 Å². The number of para-hydroxylation sites is 1. The van der Waals surface area contributed by atoms with E-state index in [2.05, 4.69) is 20.9 Å². The highest BCUT2D eigenvalue weighted by Crippen LogP contribution is 2.07. The lowest BCUT2D eigenvalue weighted by Crippen LogP contribution is -2.43. The second kappa shape index (κ2) is 12.8. The lowest BCUT2D eigenvalue weighted by atomic mass is 10.1.